The van der Waals surface area contributed by atoms with Gasteiger partial charge in [0.15, 0.2) is 5.13 Å². The molecule has 2 aromatic rings. The van der Waals surface area contributed by atoms with Gasteiger partial charge in [0.1, 0.15) is 5.82 Å². The van der Waals surface area contributed by atoms with Crippen molar-refractivity contribution in [3.8, 4) is 0 Å². The van der Waals surface area contributed by atoms with Crippen LogP contribution in [0, 0.1) is 5.82 Å². The molecule has 0 aliphatic heterocycles. The molecule has 3 nitrogen and oxygen atoms in total. The van der Waals surface area contributed by atoms with Gasteiger partial charge in [-0.15, -0.1) is 0 Å². The van der Waals surface area contributed by atoms with Crippen LogP contribution in [0.15, 0.2) is 18.2 Å². The lowest BCUT2D eigenvalue weighted by molar-refractivity contribution is 0.630. The van der Waals surface area contributed by atoms with Crippen LogP contribution in [-0.4, -0.2) is 4.98 Å². The minimum absolute atomic E-state index is 0.255. The molecule has 0 spiro atoms. The Hall–Kier alpha value is -1.20. The molecule has 0 fully saturated rings. The second kappa shape index (κ2) is 2.69. The van der Waals surface area contributed by atoms with Crippen LogP contribution in [-0.2, 0) is 0 Å². The third-order valence-corrected chi connectivity index (χ3v) is 2.42. The first-order valence-electron chi connectivity index (χ1n) is 3.32. The standard InChI is InChI=1S/C7H6FN3S/c8-4-1-2-5-6(3-4)12-7(10-5)11-9/h1-3H,9H2,(H,10,11). The SMILES string of the molecule is NNc1nc2ccc(F)cc2s1. The van der Waals surface area contributed by atoms with Crippen molar-refractivity contribution in [1.82, 2.24) is 4.98 Å². The summed E-state index contributed by atoms with van der Waals surface area (Å²) in [5, 5.41) is 0.593. The Morgan fingerprint density at radius 2 is 2.33 bits per heavy atom. The molecule has 1 aromatic heterocycles. The molecular formula is C7H6FN3S. The summed E-state index contributed by atoms with van der Waals surface area (Å²) < 4.78 is 13.5. The minimum atomic E-state index is -0.255. The van der Waals surface area contributed by atoms with E-state index in [-0.39, 0.29) is 5.82 Å². The monoisotopic (exact) mass is 183 g/mol. The van der Waals surface area contributed by atoms with Gasteiger partial charge in [-0.05, 0) is 18.2 Å². The number of nitrogens with two attached hydrogens (primary N) is 1. The maximum absolute atomic E-state index is 12.7. The predicted molar refractivity (Wildman–Crippen MR) is 47.4 cm³/mol. The fourth-order valence-electron chi connectivity index (χ4n) is 0.960. The molecule has 2 rings (SSSR count). The molecular weight excluding hydrogens is 177 g/mol. The number of hydrazine groups is 1. The summed E-state index contributed by atoms with van der Waals surface area (Å²) in [5.74, 6) is 4.90. The third-order valence-electron chi connectivity index (χ3n) is 1.47. The van der Waals surface area contributed by atoms with Crippen molar-refractivity contribution in [2.75, 3.05) is 5.43 Å². The number of hydrogen-bond donors (Lipinski definition) is 2. The predicted octanol–water partition coefficient (Wildman–Crippen LogP) is 1.72. The highest BCUT2D eigenvalue weighted by atomic mass is 32.1. The number of fused-ring (bicyclic) bond motifs is 1. The molecule has 0 saturated carbocycles. The van der Waals surface area contributed by atoms with Gasteiger partial charge in [-0.3, -0.25) is 5.43 Å². The fourth-order valence-corrected chi connectivity index (χ4v) is 1.76. The average molecular weight is 183 g/mol. The van der Waals surface area contributed by atoms with Gasteiger partial charge < -0.3 is 0 Å². The number of rotatable bonds is 1. The minimum Gasteiger partial charge on any atom is -0.300 e. The molecule has 0 amide bonds. The van der Waals surface area contributed by atoms with Crippen molar-refractivity contribution in [1.29, 1.82) is 0 Å². The van der Waals surface area contributed by atoms with Gasteiger partial charge in [0, 0.05) is 0 Å². The highest BCUT2D eigenvalue weighted by Gasteiger charge is 2.02. The van der Waals surface area contributed by atoms with Crippen LogP contribution in [0.25, 0.3) is 10.2 Å². The van der Waals surface area contributed by atoms with Crippen molar-refractivity contribution in [3.05, 3.63) is 24.0 Å². The van der Waals surface area contributed by atoms with E-state index in [1.807, 2.05) is 0 Å². The smallest absolute Gasteiger partial charge is 0.198 e. The molecule has 12 heavy (non-hydrogen) atoms. The zero-order valence-corrected chi connectivity index (χ0v) is 6.86. The van der Waals surface area contributed by atoms with Crippen LogP contribution >= 0.6 is 11.3 Å². The van der Waals surface area contributed by atoms with E-state index in [9.17, 15) is 4.39 Å². The molecule has 62 valence electrons. The first kappa shape index (κ1) is 7.45. The fraction of sp³-hybridized carbons (Fsp3) is 0. The normalized spacial score (nSPS) is 10.5. The molecule has 3 N–H and O–H groups in total. The molecule has 0 aliphatic rings. The van der Waals surface area contributed by atoms with Crippen LogP contribution in [0.5, 0.6) is 0 Å². The van der Waals surface area contributed by atoms with Gasteiger partial charge in [0.05, 0.1) is 10.2 Å². The van der Waals surface area contributed by atoms with Gasteiger partial charge in [-0.25, -0.2) is 15.2 Å². The number of hydrogen-bond acceptors (Lipinski definition) is 4. The molecule has 0 aliphatic carbocycles. The molecule has 1 aromatic carbocycles. The lowest BCUT2D eigenvalue weighted by Gasteiger charge is -1.85. The molecule has 0 unspecified atom stereocenters. The van der Waals surface area contributed by atoms with E-state index in [4.69, 9.17) is 5.84 Å². The topological polar surface area (TPSA) is 50.9 Å². The Morgan fingerprint density at radius 1 is 1.50 bits per heavy atom. The van der Waals surface area contributed by atoms with Crippen LogP contribution in [0.3, 0.4) is 0 Å². The van der Waals surface area contributed by atoms with E-state index < -0.39 is 0 Å². The number of aromatic nitrogens is 1. The number of nitrogen functional groups attached to an aromatic ring is 1. The number of halogens is 1. The Kier molecular flexibility index (Phi) is 1.67. The second-order valence-corrected chi connectivity index (χ2v) is 3.31. The van der Waals surface area contributed by atoms with E-state index in [1.54, 1.807) is 6.07 Å². The van der Waals surface area contributed by atoms with Crippen molar-refractivity contribution in [2.24, 2.45) is 5.84 Å². The van der Waals surface area contributed by atoms with Crippen molar-refractivity contribution < 1.29 is 4.39 Å². The number of nitrogens with zero attached hydrogens (tertiary/aromatic N) is 1. The number of nitrogens with one attached hydrogen (secondary N) is 1. The highest BCUT2D eigenvalue weighted by molar-refractivity contribution is 7.22. The van der Waals surface area contributed by atoms with Crippen molar-refractivity contribution in [2.45, 2.75) is 0 Å². The zero-order chi connectivity index (χ0) is 8.55. The average Bonchev–Trinajstić information content (AvgIpc) is 2.46. The quantitative estimate of drug-likeness (QED) is 0.522. The number of benzene rings is 1. The molecule has 0 bridgehead atoms. The van der Waals surface area contributed by atoms with E-state index in [1.165, 1.54) is 23.5 Å². The van der Waals surface area contributed by atoms with Gasteiger partial charge in [0.2, 0.25) is 0 Å². The Labute approximate surface area is 72.0 Å². The summed E-state index contributed by atoms with van der Waals surface area (Å²) in [5.41, 5.74) is 3.18. The molecule has 1 heterocycles. The first-order valence-corrected chi connectivity index (χ1v) is 4.14. The second-order valence-electron chi connectivity index (χ2n) is 2.28. The molecule has 0 saturated heterocycles. The third kappa shape index (κ3) is 1.13. The number of thiazole rings is 1. The van der Waals surface area contributed by atoms with Crippen LogP contribution in [0.2, 0.25) is 0 Å². The van der Waals surface area contributed by atoms with Crippen molar-refractivity contribution in [3.63, 3.8) is 0 Å². The summed E-state index contributed by atoms with van der Waals surface area (Å²) in [7, 11) is 0. The van der Waals surface area contributed by atoms with Gasteiger partial charge >= 0.3 is 0 Å². The zero-order valence-electron chi connectivity index (χ0n) is 6.04. The van der Waals surface area contributed by atoms with E-state index in [2.05, 4.69) is 10.4 Å². The lowest BCUT2D eigenvalue weighted by Crippen LogP contribution is -2.05. The van der Waals surface area contributed by atoms with Gasteiger partial charge in [0.25, 0.3) is 0 Å². The van der Waals surface area contributed by atoms with Crippen LogP contribution in [0.1, 0.15) is 0 Å². The van der Waals surface area contributed by atoms with Crippen LogP contribution < -0.4 is 11.3 Å². The molecule has 0 radical (unpaired) electrons. The lowest BCUT2D eigenvalue weighted by atomic mass is 10.3. The Bertz CT molecular complexity index is 412. The largest absolute Gasteiger partial charge is 0.300 e. The van der Waals surface area contributed by atoms with Gasteiger partial charge in [-0.1, -0.05) is 11.3 Å². The Morgan fingerprint density at radius 3 is 3.08 bits per heavy atom. The highest BCUT2D eigenvalue weighted by Crippen LogP contribution is 2.25. The molecule has 0 atom stereocenters. The maximum Gasteiger partial charge on any atom is 0.198 e. The summed E-state index contributed by atoms with van der Waals surface area (Å²) in [4.78, 5) is 4.09. The summed E-state index contributed by atoms with van der Waals surface area (Å²) in [6.07, 6.45) is 0. The summed E-state index contributed by atoms with van der Waals surface area (Å²) >= 11 is 1.32. The summed E-state index contributed by atoms with van der Waals surface area (Å²) in [6.45, 7) is 0. The summed E-state index contributed by atoms with van der Waals surface area (Å²) in [6, 6.07) is 4.44. The molecule has 5 heteroatoms. The van der Waals surface area contributed by atoms with E-state index >= 15 is 0 Å². The van der Waals surface area contributed by atoms with Crippen LogP contribution in [0.4, 0.5) is 9.52 Å². The first-order chi connectivity index (χ1) is 5.79. The Balaban J connectivity index is 2.67. The van der Waals surface area contributed by atoms with E-state index in [0.717, 1.165) is 10.2 Å². The van der Waals surface area contributed by atoms with Gasteiger partial charge in [-0.2, -0.15) is 0 Å². The maximum atomic E-state index is 12.7. The number of anilines is 1. The van der Waals surface area contributed by atoms with E-state index in [0.29, 0.717) is 5.13 Å². The van der Waals surface area contributed by atoms with Crippen molar-refractivity contribution >= 4 is 26.7 Å².